The van der Waals surface area contributed by atoms with E-state index in [0.29, 0.717) is 18.5 Å². The summed E-state index contributed by atoms with van der Waals surface area (Å²) >= 11 is 0. The smallest absolute Gasteiger partial charge is 0.252 e. The number of aliphatic hydroxyl groups is 1. The molecule has 3 aromatic rings. The van der Waals surface area contributed by atoms with E-state index in [1.807, 2.05) is 68.4 Å². The Morgan fingerprint density at radius 1 is 1.09 bits per heavy atom. The third kappa shape index (κ3) is 4.00. The minimum Gasteiger partial charge on any atom is -0.510 e. The number of benzene rings is 2. The van der Waals surface area contributed by atoms with Crippen molar-refractivity contribution in [1.29, 1.82) is 0 Å². The maximum Gasteiger partial charge on any atom is 0.252 e. The summed E-state index contributed by atoms with van der Waals surface area (Å²) in [5.74, 6) is -0.623. The van der Waals surface area contributed by atoms with E-state index in [9.17, 15) is 14.7 Å². The number of H-pyrrole nitrogens is 1. The van der Waals surface area contributed by atoms with Gasteiger partial charge in [-0.2, -0.15) is 0 Å². The van der Waals surface area contributed by atoms with Crippen LogP contribution in [0.15, 0.2) is 65.9 Å². The van der Waals surface area contributed by atoms with Crippen LogP contribution in [0.5, 0.6) is 0 Å². The van der Waals surface area contributed by atoms with Gasteiger partial charge < -0.3 is 20.7 Å². The van der Waals surface area contributed by atoms with Crippen LogP contribution in [-0.4, -0.2) is 34.5 Å². The molecular formula is C26H29N3O3. The molecule has 0 aliphatic carbocycles. The zero-order valence-electron chi connectivity index (χ0n) is 18.6. The second-order valence-corrected chi connectivity index (χ2v) is 8.63. The Labute approximate surface area is 187 Å². The number of carbonyl (C=O) groups is 2. The third-order valence-electron chi connectivity index (χ3n) is 6.07. The highest BCUT2D eigenvalue weighted by Crippen LogP contribution is 2.40. The number of aliphatic hydroxyl groups excluding tert-OH is 1. The maximum absolute atomic E-state index is 13.1. The van der Waals surface area contributed by atoms with Gasteiger partial charge in [0.2, 0.25) is 5.91 Å². The van der Waals surface area contributed by atoms with E-state index in [1.165, 1.54) is 6.92 Å². The summed E-state index contributed by atoms with van der Waals surface area (Å²) in [4.78, 5) is 28.1. The molecule has 0 bridgehead atoms. The molecule has 4 rings (SSSR count). The lowest BCUT2D eigenvalue weighted by Gasteiger charge is -2.20. The molecule has 2 atom stereocenters. The van der Waals surface area contributed by atoms with E-state index in [1.54, 1.807) is 0 Å². The Morgan fingerprint density at radius 2 is 1.78 bits per heavy atom. The quantitative estimate of drug-likeness (QED) is 0.456. The molecule has 1 aliphatic heterocycles. The SMILES string of the molecule is CC(=O)NCCc1c(C(C2=C(O)C(C(C)C)NC2=O)c2ccccc2)[nH]c2ccccc12. The molecule has 2 unspecified atom stereocenters. The van der Waals surface area contributed by atoms with Crippen LogP contribution in [0.4, 0.5) is 0 Å². The number of hydrogen-bond donors (Lipinski definition) is 4. The first-order valence-electron chi connectivity index (χ1n) is 11.0. The van der Waals surface area contributed by atoms with Gasteiger partial charge in [-0.05, 0) is 29.5 Å². The van der Waals surface area contributed by atoms with Crippen molar-refractivity contribution in [1.82, 2.24) is 15.6 Å². The van der Waals surface area contributed by atoms with Crippen LogP contribution < -0.4 is 10.6 Å². The van der Waals surface area contributed by atoms with Crippen molar-refractivity contribution in [2.24, 2.45) is 5.92 Å². The fourth-order valence-corrected chi connectivity index (χ4v) is 4.56. The Kier molecular flexibility index (Phi) is 6.04. The van der Waals surface area contributed by atoms with Crippen LogP contribution in [-0.2, 0) is 16.0 Å². The molecule has 4 N–H and O–H groups in total. The first-order chi connectivity index (χ1) is 15.4. The first kappa shape index (κ1) is 21.7. The zero-order valence-corrected chi connectivity index (χ0v) is 18.6. The highest BCUT2D eigenvalue weighted by Gasteiger charge is 2.40. The third-order valence-corrected chi connectivity index (χ3v) is 6.07. The van der Waals surface area contributed by atoms with Crippen molar-refractivity contribution < 1.29 is 14.7 Å². The number of carbonyl (C=O) groups excluding carboxylic acids is 2. The van der Waals surface area contributed by atoms with Crippen LogP contribution >= 0.6 is 0 Å². The fourth-order valence-electron chi connectivity index (χ4n) is 4.56. The van der Waals surface area contributed by atoms with Crippen LogP contribution in [0.3, 0.4) is 0 Å². The lowest BCUT2D eigenvalue weighted by Crippen LogP contribution is -2.33. The van der Waals surface area contributed by atoms with E-state index >= 15 is 0 Å². The molecule has 2 amide bonds. The zero-order chi connectivity index (χ0) is 22.8. The second kappa shape index (κ2) is 8.91. The van der Waals surface area contributed by atoms with Crippen molar-refractivity contribution in [2.75, 3.05) is 6.54 Å². The van der Waals surface area contributed by atoms with Crippen molar-refractivity contribution in [3.05, 3.63) is 82.8 Å². The topological polar surface area (TPSA) is 94.2 Å². The normalized spacial score (nSPS) is 17.1. The molecule has 0 spiro atoms. The minimum atomic E-state index is -0.459. The van der Waals surface area contributed by atoms with Gasteiger partial charge in [-0.15, -0.1) is 0 Å². The minimum absolute atomic E-state index is 0.0647. The molecule has 0 fully saturated rings. The largest absolute Gasteiger partial charge is 0.510 e. The van der Waals surface area contributed by atoms with Crippen molar-refractivity contribution in [3.8, 4) is 0 Å². The molecule has 0 radical (unpaired) electrons. The summed E-state index contributed by atoms with van der Waals surface area (Å²) in [6.07, 6.45) is 0.603. The summed E-state index contributed by atoms with van der Waals surface area (Å²) in [6, 6.07) is 17.3. The van der Waals surface area contributed by atoms with Gasteiger partial charge in [0.15, 0.2) is 0 Å². The van der Waals surface area contributed by atoms with Gasteiger partial charge in [-0.25, -0.2) is 0 Å². The summed E-state index contributed by atoms with van der Waals surface area (Å²) in [7, 11) is 0. The molecule has 2 aromatic carbocycles. The van der Waals surface area contributed by atoms with Gasteiger partial charge in [-0.3, -0.25) is 9.59 Å². The number of amides is 2. The fraction of sp³-hybridized carbons (Fsp3) is 0.308. The lowest BCUT2D eigenvalue weighted by molar-refractivity contribution is -0.119. The Morgan fingerprint density at radius 3 is 2.44 bits per heavy atom. The van der Waals surface area contributed by atoms with Crippen molar-refractivity contribution >= 4 is 22.7 Å². The summed E-state index contributed by atoms with van der Waals surface area (Å²) in [5, 5.41) is 18.0. The Bertz CT molecular complexity index is 1180. The van der Waals surface area contributed by atoms with Gasteiger partial charge in [0.1, 0.15) is 5.76 Å². The standard InChI is InChI=1S/C26H29N3O3/c1-15(2)23-25(31)22(26(32)29-23)21(17-9-5-4-6-10-17)24-19(13-14-27-16(3)30)18-11-7-8-12-20(18)28-24/h4-12,15,21,23,28,31H,13-14H2,1-3H3,(H,27,30)(H,29,32). The molecule has 6 heteroatoms. The molecule has 0 saturated carbocycles. The predicted molar refractivity (Wildman–Crippen MR) is 125 cm³/mol. The Hall–Kier alpha value is -3.54. The monoisotopic (exact) mass is 431 g/mol. The van der Waals surface area contributed by atoms with Crippen molar-refractivity contribution in [2.45, 2.75) is 39.2 Å². The van der Waals surface area contributed by atoms with Crippen LogP contribution in [0.1, 0.15) is 43.5 Å². The van der Waals surface area contributed by atoms with E-state index in [-0.39, 0.29) is 23.5 Å². The number of fused-ring (bicyclic) bond motifs is 1. The summed E-state index contributed by atoms with van der Waals surface area (Å²) in [5.41, 5.74) is 4.15. The molecule has 32 heavy (non-hydrogen) atoms. The number of rotatable bonds is 7. The van der Waals surface area contributed by atoms with Gasteiger partial charge in [-0.1, -0.05) is 62.4 Å². The predicted octanol–water partition coefficient (Wildman–Crippen LogP) is 3.94. The molecule has 1 aliphatic rings. The van der Waals surface area contributed by atoms with Crippen molar-refractivity contribution in [3.63, 3.8) is 0 Å². The Balaban J connectivity index is 1.91. The summed E-state index contributed by atoms with van der Waals surface area (Å²) in [6.45, 7) is 5.94. The number of hydrogen-bond acceptors (Lipinski definition) is 3. The van der Waals surface area contributed by atoms with Crippen LogP contribution in [0.25, 0.3) is 10.9 Å². The average molecular weight is 432 g/mol. The van der Waals surface area contributed by atoms with E-state index in [0.717, 1.165) is 27.7 Å². The lowest BCUT2D eigenvalue weighted by atomic mass is 9.84. The molecule has 2 heterocycles. The molecular weight excluding hydrogens is 402 g/mol. The second-order valence-electron chi connectivity index (χ2n) is 8.63. The highest BCUT2D eigenvalue weighted by atomic mass is 16.3. The van der Waals surface area contributed by atoms with Crippen LogP contribution in [0.2, 0.25) is 0 Å². The molecule has 1 aromatic heterocycles. The number of nitrogens with one attached hydrogen (secondary N) is 3. The van der Waals surface area contributed by atoms with Crippen LogP contribution in [0, 0.1) is 5.92 Å². The van der Waals surface area contributed by atoms with E-state index in [2.05, 4.69) is 15.6 Å². The molecule has 166 valence electrons. The summed E-state index contributed by atoms with van der Waals surface area (Å²) < 4.78 is 0. The average Bonchev–Trinajstić information content (AvgIpc) is 3.27. The number of aromatic nitrogens is 1. The van der Waals surface area contributed by atoms with Gasteiger partial charge in [0.05, 0.1) is 17.5 Å². The van der Waals surface area contributed by atoms with E-state index < -0.39 is 12.0 Å². The number of aromatic amines is 1. The number of para-hydroxylation sites is 1. The first-order valence-corrected chi connectivity index (χ1v) is 11.0. The van der Waals surface area contributed by atoms with Gasteiger partial charge in [0, 0.05) is 30.1 Å². The molecule has 6 nitrogen and oxygen atoms in total. The molecule has 0 saturated heterocycles. The van der Waals surface area contributed by atoms with Gasteiger partial charge in [0.25, 0.3) is 5.91 Å². The van der Waals surface area contributed by atoms with E-state index in [4.69, 9.17) is 0 Å². The highest BCUT2D eigenvalue weighted by molar-refractivity contribution is 6.00. The van der Waals surface area contributed by atoms with Gasteiger partial charge >= 0.3 is 0 Å². The maximum atomic E-state index is 13.1.